The summed E-state index contributed by atoms with van der Waals surface area (Å²) >= 11 is 0. The Morgan fingerprint density at radius 1 is 1.16 bits per heavy atom. The third-order valence-corrected chi connectivity index (χ3v) is 6.62. The number of nitrogens with zero attached hydrogens (tertiary/aromatic N) is 2. The Morgan fingerprint density at radius 2 is 1.87 bits per heavy atom. The number of amides is 4. The zero-order valence-corrected chi connectivity index (χ0v) is 22.9. The third kappa shape index (κ3) is 7.11. The molecule has 11 nitrogen and oxygen atoms in total. The highest BCUT2D eigenvalue weighted by molar-refractivity contribution is 6.01. The Morgan fingerprint density at radius 3 is 2.53 bits per heavy atom. The molecule has 4 N–H and O–H groups in total. The average molecular weight is 527 g/mol. The maximum Gasteiger partial charge on any atom is 0.255 e. The van der Waals surface area contributed by atoms with Gasteiger partial charge in [0.1, 0.15) is 24.4 Å². The van der Waals surface area contributed by atoms with E-state index in [0.717, 1.165) is 17.0 Å². The molecule has 4 amide bonds. The number of hydrogen-bond donors (Lipinski definition) is 4. The number of ether oxygens (including phenoxy) is 1. The number of benzene rings is 1. The van der Waals surface area contributed by atoms with Crippen LogP contribution in [0.3, 0.4) is 0 Å². The molecule has 38 heavy (non-hydrogen) atoms. The van der Waals surface area contributed by atoms with Crippen LogP contribution in [0.1, 0.15) is 54.5 Å². The number of carbonyl (C=O) groups excluding carboxylic acids is 4. The van der Waals surface area contributed by atoms with E-state index >= 15 is 0 Å². The van der Waals surface area contributed by atoms with Gasteiger partial charge in [-0.25, -0.2) is 0 Å². The van der Waals surface area contributed by atoms with Crippen molar-refractivity contribution in [3.8, 4) is 5.75 Å². The van der Waals surface area contributed by atoms with Gasteiger partial charge in [-0.1, -0.05) is 26.0 Å². The molecule has 1 aromatic carbocycles. The van der Waals surface area contributed by atoms with Crippen LogP contribution in [-0.4, -0.2) is 64.7 Å². The summed E-state index contributed by atoms with van der Waals surface area (Å²) in [5.41, 5.74) is 3.15. The molecule has 2 heterocycles. The van der Waals surface area contributed by atoms with E-state index in [1.54, 1.807) is 35.9 Å². The average Bonchev–Trinajstić information content (AvgIpc) is 3.10. The molecule has 0 unspecified atom stereocenters. The van der Waals surface area contributed by atoms with Crippen LogP contribution < -0.4 is 26.0 Å². The largest absolute Gasteiger partial charge is 0.491 e. The second-order valence-electron chi connectivity index (χ2n) is 10.1. The van der Waals surface area contributed by atoms with Crippen LogP contribution in [0.5, 0.6) is 5.75 Å². The monoisotopic (exact) mass is 526 g/mol. The van der Waals surface area contributed by atoms with Gasteiger partial charge in [-0.3, -0.25) is 23.9 Å². The molecule has 206 valence electrons. The Hall–Kier alpha value is -3.89. The van der Waals surface area contributed by atoms with Crippen molar-refractivity contribution in [1.29, 1.82) is 0 Å². The second-order valence-corrected chi connectivity index (χ2v) is 10.1. The summed E-state index contributed by atoms with van der Waals surface area (Å²) in [6.45, 7) is 9.70. The van der Waals surface area contributed by atoms with Gasteiger partial charge in [0.2, 0.25) is 17.7 Å². The van der Waals surface area contributed by atoms with Crippen molar-refractivity contribution in [1.82, 2.24) is 31.0 Å². The molecule has 0 saturated heterocycles. The van der Waals surface area contributed by atoms with E-state index in [9.17, 15) is 19.2 Å². The third-order valence-electron chi connectivity index (χ3n) is 6.62. The smallest absolute Gasteiger partial charge is 0.255 e. The number of carbonyl (C=O) groups is 4. The Labute approximate surface area is 223 Å². The van der Waals surface area contributed by atoms with E-state index < -0.39 is 29.8 Å². The van der Waals surface area contributed by atoms with Crippen molar-refractivity contribution in [2.75, 3.05) is 13.2 Å². The highest BCUT2D eigenvalue weighted by atomic mass is 16.5. The maximum absolute atomic E-state index is 13.2. The van der Waals surface area contributed by atoms with E-state index in [-0.39, 0.29) is 36.5 Å². The van der Waals surface area contributed by atoms with Crippen molar-refractivity contribution in [3.63, 3.8) is 0 Å². The molecule has 0 aliphatic carbocycles. The van der Waals surface area contributed by atoms with Crippen molar-refractivity contribution in [2.45, 2.75) is 65.6 Å². The number of hydrogen-bond acceptors (Lipinski definition) is 6. The fourth-order valence-electron chi connectivity index (χ4n) is 4.38. The number of nitrogens with one attached hydrogen (secondary N) is 4. The van der Waals surface area contributed by atoms with E-state index in [0.29, 0.717) is 18.7 Å². The molecule has 0 saturated carbocycles. The first-order chi connectivity index (χ1) is 18.0. The number of rotatable bonds is 5. The minimum atomic E-state index is -1.16. The SMILES string of the molecule is Cc1nn(C)c(C)c1CCNC(=O)[C@@H]1CC(=O)N[C@@H](C(C)C)C(=O)N[C@H](C)COc2ccccc2C(=O)N1. The zero-order valence-electron chi connectivity index (χ0n) is 22.9. The van der Waals surface area contributed by atoms with Crippen LogP contribution in [0.4, 0.5) is 0 Å². The fourth-order valence-corrected chi connectivity index (χ4v) is 4.38. The normalized spacial score (nSPS) is 20.9. The number of fused-ring (bicyclic) bond motifs is 1. The van der Waals surface area contributed by atoms with E-state index in [1.807, 2.05) is 34.7 Å². The van der Waals surface area contributed by atoms with Crippen LogP contribution in [0.2, 0.25) is 0 Å². The van der Waals surface area contributed by atoms with Crippen molar-refractivity contribution in [3.05, 3.63) is 46.8 Å². The number of para-hydroxylation sites is 1. The van der Waals surface area contributed by atoms with Gasteiger partial charge in [0.05, 0.1) is 23.7 Å². The highest BCUT2D eigenvalue weighted by Crippen LogP contribution is 2.19. The Bertz CT molecular complexity index is 1190. The zero-order chi connectivity index (χ0) is 28.0. The minimum Gasteiger partial charge on any atom is -0.491 e. The Balaban J connectivity index is 1.83. The van der Waals surface area contributed by atoms with Gasteiger partial charge < -0.3 is 26.0 Å². The van der Waals surface area contributed by atoms with Gasteiger partial charge in [0.15, 0.2) is 0 Å². The van der Waals surface area contributed by atoms with Crippen LogP contribution in [0, 0.1) is 19.8 Å². The van der Waals surface area contributed by atoms with Crippen LogP contribution in [0.25, 0.3) is 0 Å². The molecule has 2 aromatic rings. The highest BCUT2D eigenvalue weighted by Gasteiger charge is 2.30. The molecule has 1 aliphatic heterocycles. The summed E-state index contributed by atoms with van der Waals surface area (Å²) in [6.07, 6.45) is 0.214. The van der Waals surface area contributed by atoms with Gasteiger partial charge in [-0.05, 0) is 50.8 Å². The predicted molar refractivity (Wildman–Crippen MR) is 142 cm³/mol. The lowest BCUT2D eigenvalue weighted by Crippen LogP contribution is -2.55. The first-order valence-electron chi connectivity index (χ1n) is 12.9. The van der Waals surface area contributed by atoms with Gasteiger partial charge >= 0.3 is 0 Å². The summed E-state index contributed by atoms with van der Waals surface area (Å²) in [7, 11) is 1.86. The Kier molecular flexibility index (Phi) is 9.49. The molecule has 3 atom stereocenters. The number of aryl methyl sites for hydroxylation is 2. The summed E-state index contributed by atoms with van der Waals surface area (Å²) in [6, 6.07) is 4.30. The van der Waals surface area contributed by atoms with Crippen LogP contribution in [-0.2, 0) is 27.9 Å². The maximum atomic E-state index is 13.2. The van der Waals surface area contributed by atoms with Crippen molar-refractivity contribution < 1.29 is 23.9 Å². The van der Waals surface area contributed by atoms with Gasteiger partial charge in [0.25, 0.3) is 5.91 Å². The fraction of sp³-hybridized carbons (Fsp3) is 0.519. The van der Waals surface area contributed by atoms with Crippen molar-refractivity contribution >= 4 is 23.6 Å². The molecule has 0 fully saturated rings. The standard InChI is InChI=1S/C27H38N6O5/c1-15(2)24-27(37)29-16(3)14-38-22-10-8-7-9-20(22)25(35)30-21(13-23(34)31-24)26(36)28-12-11-19-17(4)32-33(6)18(19)5/h7-10,15-16,21,24H,11-14H2,1-6H3,(H,28,36)(H,29,37)(H,30,35)(H,31,34)/t16-,21+,24+/m1/s1. The lowest BCUT2D eigenvalue weighted by atomic mass is 10.0. The van der Waals surface area contributed by atoms with Gasteiger partial charge in [-0.15, -0.1) is 0 Å². The number of aromatic nitrogens is 2. The second kappa shape index (κ2) is 12.6. The van der Waals surface area contributed by atoms with Crippen LogP contribution >= 0.6 is 0 Å². The summed E-state index contributed by atoms with van der Waals surface area (Å²) in [5.74, 6) is -1.79. The van der Waals surface area contributed by atoms with Gasteiger partial charge in [-0.2, -0.15) is 5.10 Å². The van der Waals surface area contributed by atoms with Gasteiger partial charge in [0, 0.05) is 19.3 Å². The first-order valence-corrected chi connectivity index (χ1v) is 12.9. The molecule has 3 rings (SSSR count). The molecule has 0 spiro atoms. The van der Waals surface area contributed by atoms with E-state index in [2.05, 4.69) is 26.4 Å². The van der Waals surface area contributed by atoms with E-state index in [4.69, 9.17) is 4.74 Å². The lowest BCUT2D eigenvalue weighted by molar-refractivity contribution is -0.132. The topological polar surface area (TPSA) is 143 Å². The molecular weight excluding hydrogens is 488 g/mol. The van der Waals surface area contributed by atoms with E-state index in [1.165, 1.54) is 0 Å². The molecule has 0 radical (unpaired) electrons. The molecule has 0 bridgehead atoms. The molecular formula is C27H38N6O5. The van der Waals surface area contributed by atoms with Crippen LogP contribution in [0.15, 0.2) is 24.3 Å². The molecule has 1 aliphatic rings. The van der Waals surface area contributed by atoms with Crippen molar-refractivity contribution in [2.24, 2.45) is 13.0 Å². The summed E-state index contributed by atoms with van der Waals surface area (Å²) in [4.78, 5) is 52.3. The molecule has 1 aromatic heterocycles. The molecule has 11 heteroatoms. The summed E-state index contributed by atoms with van der Waals surface area (Å²) < 4.78 is 7.63. The quantitative estimate of drug-likeness (QED) is 0.456. The first kappa shape index (κ1) is 28.7. The minimum absolute atomic E-state index is 0.117. The predicted octanol–water partition coefficient (Wildman–Crippen LogP) is 0.922. The lowest BCUT2D eigenvalue weighted by Gasteiger charge is -2.26. The summed E-state index contributed by atoms with van der Waals surface area (Å²) in [5, 5.41) is 15.5.